The summed E-state index contributed by atoms with van der Waals surface area (Å²) in [4.78, 5) is 23.6. The molecular formula is C16H21N3O2. The van der Waals surface area contributed by atoms with Crippen molar-refractivity contribution >= 4 is 0 Å². The molecule has 0 aliphatic carbocycles. The number of aromatic amines is 1. The van der Waals surface area contributed by atoms with Crippen LogP contribution in [0.2, 0.25) is 0 Å². The van der Waals surface area contributed by atoms with E-state index >= 15 is 0 Å². The molecular weight excluding hydrogens is 266 g/mol. The summed E-state index contributed by atoms with van der Waals surface area (Å²) in [5.74, 6) is 1.41. The Labute approximate surface area is 124 Å². The van der Waals surface area contributed by atoms with Crippen LogP contribution >= 0.6 is 0 Å². The molecule has 0 amide bonds. The maximum atomic E-state index is 12.0. The molecule has 5 heteroatoms. The molecule has 0 radical (unpaired) electrons. The minimum absolute atomic E-state index is 0.0941. The third-order valence-electron chi connectivity index (χ3n) is 3.15. The fourth-order valence-corrected chi connectivity index (χ4v) is 2.06. The number of nitrogens with zero attached hydrogens (tertiary/aromatic N) is 2. The second-order valence-electron chi connectivity index (χ2n) is 4.99. The predicted octanol–water partition coefficient (Wildman–Crippen LogP) is 2.88. The van der Waals surface area contributed by atoms with Crippen molar-refractivity contribution in [3.63, 3.8) is 0 Å². The number of aromatic nitrogens is 3. The summed E-state index contributed by atoms with van der Waals surface area (Å²) in [5.41, 5.74) is 1.99. The van der Waals surface area contributed by atoms with E-state index in [1.54, 1.807) is 19.3 Å². The zero-order chi connectivity index (χ0) is 15.2. The van der Waals surface area contributed by atoms with Gasteiger partial charge in [-0.1, -0.05) is 13.8 Å². The molecule has 0 aliphatic heterocycles. The zero-order valence-corrected chi connectivity index (χ0v) is 12.8. The summed E-state index contributed by atoms with van der Waals surface area (Å²) < 4.78 is 5.59. The van der Waals surface area contributed by atoms with Crippen LogP contribution in [-0.2, 0) is 6.42 Å². The first-order chi connectivity index (χ1) is 10.2. The van der Waals surface area contributed by atoms with Gasteiger partial charge in [0.15, 0.2) is 0 Å². The lowest BCUT2D eigenvalue weighted by atomic mass is 10.1. The quantitative estimate of drug-likeness (QED) is 0.887. The van der Waals surface area contributed by atoms with Gasteiger partial charge in [-0.3, -0.25) is 9.78 Å². The SMILES string of the molecule is CCCOc1cncc(-c2nc(CCC)[nH]c(=O)c2C)c1. The van der Waals surface area contributed by atoms with Crippen molar-refractivity contribution in [2.24, 2.45) is 0 Å². The first-order valence-electron chi connectivity index (χ1n) is 7.33. The predicted molar refractivity (Wildman–Crippen MR) is 82.6 cm³/mol. The van der Waals surface area contributed by atoms with E-state index in [4.69, 9.17) is 4.74 Å². The minimum atomic E-state index is -0.0941. The summed E-state index contributed by atoms with van der Waals surface area (Å²) in [5, 5.41) is 0. The standard InChI is InChI=1S/C16H21N3O2/c1-4-6-14-18-15(11(3)16(20)19-14)12-8-13(10-17-9-12)21-7-5-2/h8-10H,4-7H2,1-3H3,(H,18,19,20). The first kappa shape index (κ1) is 15.2. The Hall–Kier alpha value is -2.17. The van der Waals surface area contributed by atoms with Gasteiger partial charge < -0.3 is 9.72 Å². The molecule has 21 heavy (non-hydrogen) atoms. The lowest BCUT2D eigenvalue weighted by Crippen LogP contribution is -2.16. The van der Waals surface area contributed by atoms with Gasteiger partial charge in [0.25, 0.3) is 5.56 Å². The molecule has 0 saturated carbocycles. The van der Waals surface area contributed by atoms with Crippen molar-refractivity contribution in [3.8, 4) is 17.0 Å². The van der Waals surface area contributed by atoms with Crippen LogP contribution in [0.15, 0.2) is 23.3 Å². The number of H-pyrrole nitrogens is 1. The van der Waals surface area contributed by atoms with E-state index in [1.165, 1.54) is 0 Å². The Morgan fingerprint density at radius 1 is 1.24 bits per heavy atom. The lowest BCUT2D eigenvalue weighted by molar-refractivity contribution is 0.316. The summed E-state index contributed by atoms with van der Waals surface area (Å²) >= 11 is 0. The molecule has 2 aromatic heterocycles. The Kier molecular flexibility index (Phi) is 5.09. The molecule has 2 rings (SSSR count). The van der Waals surface area contributed by atoms with Crippen molar-refractivity contribution < 1.29 is 4.74 Å². The van der Waals surface area contributed by atoms with E-state index in [0.29, 0.717) is 29.4 Å². The zero-order valence-electron chi connectivity index (χ0n) is 12.8. The highest BCUT2D eigenvalue weighted by Gasteiger charge is 2.11. The second kappa shape index (κ2) is 7.02. The highest BCUT2D eigenvalue weighted by molar-refractivity contribution is 5.62. The molecule has 2 heterocycles. The average molecular weight is 287 g/mol. The maximum Gasteiger partial charge on any atom is 0.254 e. The lowest BCUT2D eigenvalue weighted by Gasteiger charge is -2.09. The normalized spacial score (nSPS) is 10.6. The number of aryl methyl sites for hydroxylation is 1. The smallest absolute Gasteiger partial charge is 0.254 e. The Balaban J connectivity index is 2.43. The summed E-state index contributed by atoms with van der Waals surface area (Å²) in [6.07, 6.45) is 6.01. The van der Waals surface area contributed by atoms with Gasteiger partial charge in [-0.15, -0.1) is 0 Å². The molecule has 0 aliphatic rings. The number of pyridine rings is 1. The molecule has 0 saturated heterocycles. The van der Waals surface area contributed by atoms with Crippen molar-refractivity contribution in [1.29, 1.82) is 0 Å². The van der Waals surface area contributed by atoms with Crippen molar-refractivity contribution in [3.05, 3.63) is 40.2 Å². The van der Waals surface area contributed by atoms with Crippen LogP contribution in [-0.4, -0.2) is 21.6 Å². The van der Waals surface area contributed by atoms with E-state index in [0.717, 1.165) is 24.8 Å². The fraction of sp³-hybridized carbons (Fsp3) is 0.438. The van der Waals surface area contributed by atoms with Crippen LogP contribution in [0.4, 0.5) is 0 Å². The van der Waals surface area contributed by atoms with E-state index in [-0.39, 0.29) is 5.56 Å². The molecule has 0 aromatic carbocycles. The number of rotatable bonds is 6. The third kappa shape index (κ3) is 3.68. The Bertz CT molecular complexity index is 665. The number of nitrogens with one attached hydrogen (secondary N) is 1. The number of ether oxygens (including phenoxy) is 1. The van der Waals surface area contributed by atoms with Crippen LogP contribution < -0.4 is 10.3 Å². The summed E-state index contributed by atoms with van der Waals surface area (Å²) in [6, 6.07) is 1.88. The summed E-state index contributed by atoms with van der Waals surface area (Å²) in [7, 11) is 0. The Morgan fingerprint density at radius 3 is 2.76 bits per heavy atom. The molecule has 0 unspecified atom stereocenters. The van der Waals surface area contributed by atoms with Crippen LogP contribution in [0.1, 0.15) is 38.1 Å². The van der Waals surface area contributed by atoms with E-state index in [9.17, 15) is 4.79 Å². The molecule has 0 bridgehead atoms. The fourth-order valence-electron chi connectivity index (χ4n) is 2.06. The van der Waals surface area contributed by atoms with Crippen molar-refractivity contribution in [2.75, 3.05) is 6.61 Å². The third-order valence-corrected chi connectivity index (χ3v) is 3.15. The van der Waals surface area contributed by atoms with Gasteiger partial charge in [0.1, 0.15) is 11.6 Å². The van der Waals surface area contributed by atoms with E-state index in [2.05, 4.69) is 28.8 Å². The van der Waals surface area contributed by atoms with Crippen molar-refractivity contribution in [2.45, 2.75) is 40.0 Å². The molecule has 0 atom stereocenters. The number of hydrogen-bond acceptors (Lipinski definition) is 4. The van der Waals surface area contributed by atoms with Crippen LogP contribution in [0, 0.1) is 6.92 Å². The molecule has 5 nitrogen and oxygen atoms in total. The van der Waals surface area contributed by atoms with Crippen LogP contribution in [0.5, 0.6) is 5.75 Å². The van der Waals surface area contributed by atoms with Gasteiger partial charge >= 0.3 is 0 Å². The summed E-state index contributed by atoms with van der Waals surface area (Å²) in [6.45, 7) is 6.53. The first-order valence-corrected chi connectivity index (χ1v) is 7.33. The van der Waals surface area contributed by atoms with E-state index in [1.807, 2.05) is 6.07 Å². The highest BCUT2D eigenvalue weighted by atomic mass is 16.5. The van der Waals surface area contributed by atoms with Gasteiger partial charge in [-0.25, -0.2) is 4.98 Å². The maximum absolute atomic E-state index is 12.0. The van der Waals surface area contributed by atoms with Gasteiger partial charge in [0, 0.05) is 23.7 Å². The van der Waals surface area contributed by atoms with Crippen molar-refractivity contribution in [1.82, 2.24) is 15.0 Å². The van der Waals surface area contributed by atoms with Gasteiger partial charge in [0.05, 0.1) is 18.5 Å². The van der Waals surface area contributed by atoms with Gasteiger partial charge in [0.2, 0.25) is 0 Å². The Morgan fingerprint density at radius 2 is 2.05 bits per heavy atom. The van der Waals surface area contributed by atoms with Crippen LogP contribution in [0.25, 0.3) is 11.3 Å². The van der Waals surface area contributed by atoms with E-state index < -0.39 is 0 Å². The topological polar surface area (TPSA) is 67.9 Å². The monoisotopic (exact) mass is 287 g/mol. The number of hydrogen-bond donors (Lipinski definition) is 1. The van der Waals surface area contributed by atoms with Gasteiger partial charge in [-0.2, -0.15) is 0 Å². The molecule has 1 N–H and O–H groups in total. The highest BCUT2D eigenvalue weighted by Crippen LogP contribution is 2.22. The largest absolute Gasteiger partial charge is 0.492 e. The second-order valence-corrected chi connectivity index (χ2v) is 4.99. The average Bonchev–Trinajstić information content (AvgIpc) is 2.49. The molecule has 0 spiro atoms. The minimum Gasteiger partial charge on any atom is -0.492 e. The van der Waals surface area contributed by atoms with Gasteiger partial charge in [-0.05, 0) is 25.8 Å². The molecule has 2 aromatic rings. The molecule has 112 valence electrons. The molecule has 0 fully saturated rings. The van der Waals surface area contributed by atoms with Crippen LogP contribution in [0.3, 0.4) is 0 Å².